The SMILES string of the molecule is CCNC(=NCc1oc2ccccc2c1C)NCCC(=O)Nc1ccc(C)cn1.I. The van der Waals surface area contributed by atoms with E-state index in [1.54, 1.807) is 12.3 Å². The van der Waals surface area contributed by atoms with Crippen molar-refractivity contribution >= 4 is 52.6 Å². The monoisotopic (exact) mass is 521 g/mol. The molecule has 0 aliphatic carbocycles. The highest BCUT2D eigenvalue weighted by molar-refractivity contribution is 14.0. The van der Waals surface area contributed by atoms with E-state index < -0.39 is 0 Å². The highest BCUT2D eigenvalue weighted by Crippen LogP contribution is 2.25. The summed E-state index contributed by atoms with van der Waals surface area (Å²) in [6.07, 6.45) is 2.04. The number of aliphatic imine (C=N–C) groups is 1. The molecule has 160 valence electrons. The lowest BCUT2D eigenvalue weighted by Gasteiger charge is -2.11. The van der Waals surface area contributed by atoms with Crippen LogP contribution in [0.3, 0.4) is 0 Å². The number of para-hydroxylation sites is 1. The number of nitrogens with one attached hydrogen (secondary N) is 3. The van der Waals surface area contributed by atoms with E-state index in [4.69, 9.17) is 4.42 Å². The molecule has 2 aromatic heterocycles. The van der Waals surface area contributed by atoms with Crippen LogP contribution >= 0.6 is 24.0 Å². The third kappa shape index (κ3) is 6.45. The molecule has 0 aliphatic rings. The van der Waals surface area contributed by atoms with Crippen LogP contribution in [-0.4, -0.2) is 29.9 Å². The summed E-state index contributed by atoms with van der Waals surface area (Å²) in [5.74, 6) is 1.94. The Hall–Kier alpha value is -2.62. The van der Waals surface area contributed by atoms with Gasteiger partial charge in [0.25, 0.3) is 0 Å². The molecule has 3 aromatic rings. The maximum absolute atomic E-state index is 12.1. The van der Waals surface area contributed by atoms with Crippen LogP contribution in [0.5, 0.6) is 0 Å². The van der Waals surface area contributed by atoms with Crippen molar-refractivity contribution in [1.29, 1.82) is 0 Å². The number of amides is 1. The molecule has 0 fully saturated rings. The Morgan fingerprint density at radius 3 is 2.63 bits per heavy atom. The predicted octanol–water partition coefficient (Wildman–Crippen LogP) is 4.15. The van der Waals surface area contributed by atoms with Crippen LogP contribution in [0.2, 0.25) is 0 Å². The Kier molecular flexibility index (Phi) is 9.10. The van der Waals surface area contributed by atoms with E-state index in [1.165, 1.54) is 0 Å². The maximum Gasteiger partial charge on any atom is 0.227 e. The Morgan fingerprint density at radius 1 is 1.13 bits per heavy atom. The summed E-state index contributed by atoms with van der Waals surface area (Å²) in [6, 6.07) is 11.7. The van der Waals surface area contributed by atoms with Gasteiger partial charge in [-0.1, -0.05) is 24.3 Å². The fraction of sp³-hybridized carbons (Fsp3) is 0.318. The van der Waals surface area contributed by atoms with Gasteiger partial charge in [-0.15, -0.1) is 24.0 Å². The molecule has 0 atom stereocenters. The van der Waals surface area contributed by atoms with Gasteiger partial charge in [0.15, 0.2) is 5.96 Å². The van der Waals surface area contributed by atoms with E-state index in [0.717, 1.165) is 34.4 Å². The van der Waals surface area contributed by atoms with E-state index >= 15 is 0 Å². The van der Waals surface area contributed by atoms with Crippen LogP contribution in [0.15, 0.2) is 52.0 Å². The Balaban J connectivity index is 0.00000320. The van der Waals surface area contributed by atoms with Gasteiger partial charge in [-0.25, -0.2) is 9.98 Å². The topological polar surface area (TPSA) is 91.5 Å². The number of hydrogen-bond donors (Lipinski definition) is 3. The number of aryl methyl sites for hydroxylation is 2. The first-order valence-electron chi connectivity index (χ1n) is 9.78. The summed E-state index contributed by atoms with van der Waals surface area (Å²) in [5.41, 5.74) is 3.02. The summed E-state index contributed by atoms with van der Waals surface area (Å²) in [6.45, 7) is 7.61. The lowest BCUT2D eigenvalue weighted by atomic mass is 10.1. The summed E-state index contributed by atoms with van der Waals surface area (Å²) in [7, 11) is 0. The van der Waals surface area contributed by atoms with Crippen molar-refractivity contribution in [3.05, 3.63) is 59.5 Å². The number of hydrogen-bond acceptors (Lipinski definition) is 4. The van der Waals surface area contributed by atoms with Crippen LogP contribution in [0.4, 0.5) is 5.82 Å². The molecule has 3 rings (SSSR count). The number of benzene rings is 1. The van der Waals surface area contributed by atoms with E-state index in [0.29, 0.717) is 31.3 Å². The molecule has 0 radical (unpaired) electrons. The largest absolute Gasteiger partial charge is 0.459 e. The molecule has 1 amide bonds. The molecule has 0 spiro atoms. The minimum atomic E-state index is -0.0992. The van der Waals surface area contributed by atoms with E-state index in [1.807, 2.05) is 51.1 Å². The fourth-order valence-corrected chi connectivity index (χ4v) is 2.91. The number of guanidine groups is 1. The number of pyridine rings is 1. The molecule has 3 N–H and O–H groups in total. The average molecular weight is 521 g/mol. The molecule has 7 nitrogen and oxygen atoms in total. The van der Waals surface area contributed by atoms with Crippen LogP contribution in [0.1, 0.15) is 30.2 Å². The number of furan rings is 1. The third-order valence-corrected chi connectivity index (χ3v) is 4.49. The van der Waals surface area contributed by atoms with Crippen molar-refractivity contribution in [1.82, 2.24) is 15.6 Å². The van der Waals surface area contributed by atoms with Gasteiger partial charge in [-0.3, -0.25) is 4.79 Å². The second-order valence-electron chi connectivity index (χ2n) is 6.79. The predicted molar refractivity (Wildman–Crippen MR) is 131 cm³/mol. The fourth-order valence-electron chi connectivity index (χ4n) is 2.91. The van der Waals surface area contributed by atoms with Crippen molar-refractivity contribution < 1.29 is 9.21 Å². The molecular weight excluding hydrogens is 493 g/mol. The zero-order chi connectivity index (χ0) is 20.6. The minimum Gasteiger partial charge on any atom is -0.459 e. The normalized spacial score (nSPS) is 11.1. The van der Waals surface area contributed by atoms with Crippen molar-refractivity contribution in [2.75, 3.05) is 18.4 Å². The first-order valence-corrected chi connectivity index (χ1v) is 9.78. The maximum atomic E-state index is 12.1. The smallest absolute Gasteiger partial charge is 0.227 e. The van der Waals surface area contributed by atoms with Crippen molar-refractivity contribution in [3.8, 4) is 0 Å². The van der Waals surface area contributed by atoms with Gasteiger partial charge in [-0.05, 0) is 38.5 Å². The first kappa shape index (κ1) is 23.7. The number of fused-ring (bicyclic) bond motifs is 1. The number of rotatable bonds is 7. The van der Waals surface area contributed by atoms with Gasteiger partial charge in [0.05, 0.1) is 0 Å². The lowest BCUT2D eigenvalue weighted by molar-refractivity contribution is -0.116. The second-order valence-corrected chi connectivity index (χ2v) is 6.79. The lowest BCUT2D eigenvalue weighted by Crippen LogP contribution is -2.38. The van der Waals surface area contributed by atoms with Crippen molar-refractivity contribution in [2.45, 2.75) is 33.7 Å². The number of aromatic nitrogens is 1. The highest BCUT2D eigenvalue weighted by Gasteiger charge is 2.10. The molecule has 0 saturated carbocycles. The zero-order valence-electron chi connectivity index (χ0n) is 17.5. The van der Waals surface area contributed by atoms with Crippen LogP contribution < -0.4 is 16.0 Å². The zero-order valence-corrected chi connectivity index (χ0v) is 19.8. The first-order chi connectivity index (χ1) is 14.1. The van der Waals surface area contributed by atoms with Gasteiger partial charge in [0.1, 0.15) is 23.7 Å². The molecule has 8 heteroatoms. The van der Waals surface area contributed by atoms with Gasteiger partial charge in [-0.2, -0.15) is 0 Å². The highest BCUT2D eigenvalue weighted by atomic mass is 127. The van der Waals surface area contributed by atoms with Crippen molar-refractivity contribution in [2.24, 2.45) is 4.99 Å². The molecule has 1 aromatic carbocycles. The van der Waals surface area contributed by atoms with Crippen LogP contribution in [-0.2, 0) is 11.3 Å². The second kappa shape index (κ2) is 11.5. The number of carbonyl (C=O) groups excluding carboxylic acids is 1. The van der Waals surface area contributed by atoms with Gasteiger partial charge in [0, 0.05) is 36.7 Å². The van der Waals surface area contributed by atoms with Crippen LogP contribution in [0.25, 0.3) is 11.0 Å². The molecule has 0 aliphatic heterocycles. The molecule has 2 heterocycles. The third-order valence-electron chi connectivity index (χ3n) is 4.49. The van der Waals surface area contributed by atoms with E-state index in [9.17, 15) is 4.79 Å². The summed E-state index contributed by atoms with van der Waals surface area (Å²) < 4.78 is 5.91. The van der Waals surface area contributed by atoms with Crippen LogP contribution in [0, 0.1) is 13.8 Å². The van der Waals surface area contributed by atoms with E-state index in [-0.39, 0.29) is 29.9 Å². The molecule has 0 unspecified atom stereocenters. The standard InChI is InChI=1S/C22H27N5O2.HI/c1-4-23-22(24-12-11-21(28)27-20-10-9-15(2)13-25-20)26-14-19-16(3)17-7-5-6-8-18(17)29-19;/h5-10,13H,4,11-12,14H2,1-3H3,(H2,23,24,26)(H,25,27,28);1H. The number of nitrogens with zero attached hydrogens (tertiary/aromatic N) is 2. The average Bonchev–Trinajstić information content (AvgIpc) is 3.04. The molecular formula is C22H28IN5O2. The Morgan fingerprint density at radius 2 is 1.93 bits per heavy atom. The van der Waals surface area contributed by atoms with Crippen molar-refractivity contribution in [3.63, 3.8) is 0 Å². The quantitative estimate of drug-likeness (QED) is 0.247. The van der Waals surface area contributed by atoms with Gasteiger partial charge >= 0.3 is 0 Å². The summed E-state index contributed by atoms with van der Waals surface area (Å²) in [5, 5.41) is 10.3. The molecule has 0 saturated heterocycles. The number of carbonyl (C=O) groups is 1. The number of anilines is 1. The summed E-state index contributed by atoms with van der Waals surface area (Å²) >= 11 is 0. The number of halogens is 1. The Bertz CT molecular complexity index is 998. The van der Waals surface area contributed by atoms with E-state index in [2.05, 4.69) is 25.9 Å². The van der Waals surface area contributed by atoms with Gasteiger partial charge in [0.2, 0.25) is 5.91 Å². The summed E-state index contributed by atoms with van der Waals surface area (Å²) in [4.78, 5) is 20.9. The Labute approximate surface area is 193 Å². The van der Waals surface area contributed by atoms with Gasteiger partial charge < -0.3 is 20.4 Å². The molecule has 0 bridgehead atoms. The molecule has 30 heavy (non-hydrogen) atoms. The minimum absolute atomic E-state index is 0.